The molecule has 3 heterocycles. The molecule has 3 saturated heterocycles. The minimum Gasteiger partial charge on any atom is -0.465 e. The molecule has 12 heteroatoms. The Hall–Kier alpha value is -4.13. The van der Waals surface area contributed by atoms with Gasteiger partial charge in [-0.25, -0.2) is 0 Å². The molecule has 3 fully saturated rings. The molecule has 0 radical (unpaired) electrons. The molecular formula is C40H58N6O6. The summed E-state index contributed by atoms with van der Waals surface area (Å²) in [6.45, 7) is 7.88. The monoisotopic (exact) mass is 718 g/mol. The topological polar surface area (TPSA) is 177 Å². The van der Waals surface area contributed by atoms with E-state index in [1.54, 1.807) is 6.92 Å². The fraction of sp³-hybridized carbons (Fsp3) is 0.575. The number of hydrogen-bond acceptors (Lipinski definition) is 9. The maximum atomic E-state index is 14.1. The number of fused-ring (bicyclic) bond motifs is 2. The fourth-order valence-corrected chi connectivity index (χ4v) is 7.37. The molecular weight excluding hydrogens is 660 g/mol. The highest BCUT2D eigenvalue weighted by atomic mass is 16.5. The number of unbranched alkanes of at least 4 members (excludes halogenated alkanes) is 1. The maximum Gasteiger partial charge on any atom is 0.320 e. The largest absolute Gasteiger partial charge is 0.465 e. The van der Waals surface area contributed by atoms with E-state index < -0.39 is 30.0 Å². The summed E-state index contributed by atoms with van der Waals surface area (Å²) >= 11 is 0. The Kier molecular flexibility index (Phi) is 15.8. The second-order valence-electron chi connectivity index (χ2n) is 14.7. The Balaban J connectivity index is 1.46. The van der Waals surface area contributed by atoms with Gasteiger partial charge in [-0.05, 0) is 75.5 Å². The normalized spacial score (nSPS) is 19.2. The molecule has 52 heavy (non-hydrogen) atoms. The van der Waals surface area contributed by atoms with Crippen molar-refractivity contribution < 1.29 is 28.7 Å². The van der Waals surface area contributed by atoms with Gasteiger partial charge in [-0.3, -0.25) is 28.9 Å². The van der Waals surface area contributed by atoms with E-state index in [1.165, 1.54) is 0 Å². The van der Waals surface area contributed by atoms with Crippen molar-refractivity contribution in [2.45, 2.75) is 102 Å². The Morgan fingerprint density at radius 1 is 0.846 bits per heavy atom. The van der Waals surface area contributed by atoms with Gasteiger partial charge in [0.15, 0.2) is 5.78 Å². The molecule has 6 unspecified atom stereocenters. The molecule has 6 N–H and O–H groups in total. The first-order chi connectivity index (χ1) is 25.0. The fourth-order valence-electron chi connectivity index (χ4n) is 7.37. The van der Waals surface area contributed by atoms with Crippen molar-refractivity contribution >= 4 is 29.5 Å². The summed E-state index contributed by atoms with van der Waals surface area (Å²) < 4.78 is 5.11. The summed E-state index contributed by atoms with van der Waals surface area (Å²) in [4.78, 5) is 71.5. The van der Waals surface area contributed by atoms with E-state index >= 15 is 0 Å². The molecule has 2 bridgehead atoms. The van der Waals surface area contributed by atoms with Gasteiger partial charge >= 0.3 is 5.97 Å². The van der Waals surface area contributed by atoms with Crippen molar-refractivity contribution in [3.63, 3.8) is 0 Å². The maximum absolute atomic E-state index is 14.1. The van der Waals surface area contributed by atoms with Crippen LogP contribution in [0.25, 0.3) is 0 Å². The molecule has 12 nitrogen and oxygen atoms in total. The number of carbonyl (C=O) groups is 5. The van der Waals surface area contributed by atoms with Gasteiger partial charge in [-0.1, -0.05) is 74.5 Å². The molecule has 3 amide bonds. The predicted octanol–water partition coefficient (Wildman–Crippen LogP) is 2.37. The highest BCUT2D eigenvalue weighted by molar-refractivity contribution is 5.95. The van der Waals surface area contributed by atoms with Crippen LogP contribution in [0.2, 0.25) is 0 Å². The van der Waals surface area contributed by atoms with E-state index in [1.807, 2.05) is 84.3 Å². The van der Waals surface area contributed by atoms with Crippen LogP contribution in [0.4, 0.5) is 0 Å². The van der Waals surface area contributed by atoms with Crippen LogP contribution in [-0.2, 0) is 41.6 Å². The van der Waals surface area contributed by atoms with Crippen molar-refractivity contribution in [2.75, 3.05) is 32.8 Å². The number of esters is 1. The van der Waals surface area contributed by atoms with Gasteiger partial charge in [0.25, 0.3) is 0 Å². The van der Waals surface area contributed by atoms with E-state index in [9.17, 15) is 24.0 Å². The molecule has 2 aromatic rings. The number of nitrogens with one attached hydrogen (secondary N) is 2. The Morgan fingerprint density at radius 2 is 1.44 bits per heavy atom. The summed E-state index contributed by atoms with van der Waals surface area (Å²) in [5.41, 5.74) is 13.9. The van der Waals surface area contributed by atoms with Crippen molar-refractivity contribution in [3.05, 3.63) is 71.8 Å². The number of amides is 3. The number of rotatable bonds is 21. The highest BCUT2D eigenvalue weighted by Gasteiger charge is 2.49. The van der Waals surface area contributed by atoms with Crippen LogP contribution >= 0.6 is 0 Å². The molecule has 0 spiro atoms. The number of benzene rings is 2. The van der Waals surface area contributed by atoms with Crippen LogP contribution in [0.15, 0.2) is 60.7 Å². The van der Waals surface area contributed by atoms with Crippen molar-refractivity contribution in [1.82, 2.24) is 20.4 Å². The molecule has 3 aliphatic heterocycles. The first-order valence-corrected chi connectivity index (χ1v) is 18.9. The van der Waals surface area contributed by atoms with Gasteiger partial charge in [-0.2, -0.15) is 0 Å². The lowest BCUT2D eigenvalue weighted by molar-refractivity contribution is -0.160. The smallest absolute Gasteiger partial charge is 0.320 e. The van der Waals surface area contributed by atoms with Gasteiger partial charge < -0.3 is 31.7 Å². The quantitative estimate of drug-likeness (QED) is 0.112. The van der Waals surface area contributed by atoms with Crippen LogP contribution < -0.4 is 22.1 Å². The molecule has 5 rings (SSSR count). The third kappa shape index (κ3) is 12.0. The Labute approximate surface area is 308 Å². The van der Waals surface area contributed by atoms with E-state index in [0.29, 0.717) is 58.3 Å². The third-order valence-electron chi connectivity index (χ3n) is 9.94. The van der Waals surface area contributed by atoms with Crippen LogP contribution in [0, 0.1) is 11.8 Å². The number of ketones is 1. The third-order valence-corrected chi connectivity index (χ3v) is 9.94. The zero-order chi connectivity index (χ0) is 37.6. The summed E-state index contributed by atoms with van der Waals surface area (Å²) in [6.07, 6.45) is 3.55. The zero-order valence-corrected chi connectivity index (χ0v) is 31.0. The van der Waals surface area contributed by atoms with Crippen LogP contribution in [-0.4, -0.2) is 102 Å². The SMILES string of the molecule is CCOC(=O)CN1CC2CC(C1)N2C(=O)C(CCCCN)NC(=O)C(CC(=O)C(Cc1ccccc1)NC(=O)C(N)Cc1ccccc1)CC(C)C. The Bertz CT molecular complexity index is 1460. The number of carbonyl (C=O) groups excluding carboxylic acids is 5. The number of nitrogens with zero attached hydrogens (tertiary/aromatic N) is 2. The lowest BCUT2D eigenvalue weighted by Gasteiger charge is -2.56. The summed E-state index contributed by atoms with van der Waals surface area (Å²) in [5, 5.41) is 5.94. The van der Waals surface area contributed by atoms with E-state index in [2.05, 4.69) is 10.6 Å². The van der Waals surface area contributed by atoms with Crippen LogP contribution in [0.5, 0.6) is 0 Å². The second kappa shape index (κ2) is 20.2. The van der Waals surface area contributed by atoms with Crippen molar-refractivity contribution in [1.29, 1.82) is 0 Å². The van der Waals surface area contributed by atoms with Crippen LogP contribution in [0.1, 0.15) is 70.4 Å². The lowest BCUT2D eigenvalue weighted by Crippen LogP contribution is -2.72. The number of piperidine rings is 1. The Morgan fingerprint density at radius 3 is 2.02 bits per heavy atom. The number of Topliss-reactive ketones (excluding diaryl/α,β-unsaturated/α-hetero) is 1. The molecule has 3 aliphatic rings. The molecule has 6 atom stereocenters. The standard InChI is InChI=1S/C40H58N6O6/c1-4-52-37(48)26-45-24-31-23-32(25-45)46(31)40(51)34(17-11-12-18-41)43-38(49)30(19-27(2)3)22-36(47)35(21-29-15-9-6-10-16-29)44-39(50)33(42)20-28-13-7-5-8-14-28/h5-10,13-16,27,30-35H,4,11-12,17-26,41-42H2,1-3H3,(H,43,49)(H,44,50). The van der Waals surface area contributed by atoms with Gasteiger partial charge in [0.2, 0.25) is 17.7 Å². The zero-order valence-electron chi connectivity index (χ0n) is 31.0. The summed E-state index contributed by atoms with van der Waals surface area (Å²) in [5.74, 6) is -2.09. The van der Waals surface area contributed by atoms with E-state index in [0.717, 1.165) is 17.5 Å². The molecule has 2 aromatic carbocycles. The summed E-state index contributed by atoms with van der Waals surface area (Å²) in [6, 6.07) is 16.3. The van der Waals surface area contributed by atoms with E-state index in [4.69, 9.17) is 16.2 Å². The predicted molar refractivity (Wildman–Crippen MR) is 200 cm³/mol. The first-order valence-electron chi connectivity index (χ1n) is 18.9. The number of hydrogen-bond donors (Lipinski definition) is 4. The van der Waals surface area contributed by atoms with Crippen molar-refractivity contribution in [2.24, 2.45) is 23.3 Å². The van der Waals surface area contributed by atoms with E-state index in [-0.39, 0.29) is 61.0 Å². The second-order valence-corrected chi connectivity index (χ2v) is 14.7. The van der Waals surface area contributed by atoms with Gasteiger partial charge in [-0.15, -0.1) is 0 Å². The van der Waals surface area contributed by atoms with Gasteiger partial charge in [0.05, 0.1) is 25.2 Å². The summed E-state index contributed by atoms with van der Waals surface area (Å²) in [7, 11) is 0. The molecule has 0 aliphatic carbocycles. The minimum atomic E-state index is -0.890. The highest BCUT2D eigenvalue weighted by Crippen LogP contribution is 2.33. The van der Waals surface area contributed by atoms with Crippen molar-refractivity contribution in [3.8, 4) is 0 Å². The molecule has 0 saturated carbocycles. The lowest BCUT2D eigenvalue weighted by atomic mass is 9.85. The average Bonchev–Trinajstić information content (AvgIpc) is 3.11. The number of piperazine rings is 1. The number of ether oxygens (including phenoxy) is 1. The molecule has 0 aromatic heterocycles. The van der Waals surface area contributed by atoms with Crippen LogP contribution in [0.3, 0.4) is 0 Å². The minimum absolute atomic E-state index is 0.0433. The number of nitrogens with two attached hydrogens (primary N) is 2. The molecule has 284 valence electrons. The average molecular weight is 719 g/mol. The van der Waals surface area contributed by atoms with Gasteiger partial charge in [0, 0.05) is 37.5 Å². The first kappa shape index (κ1) is 40.6. The van der Waals surface area contributed by atoms with Gasteiger partial charge in [0.1, 0.15) is 6.04 Å².